The first-order valence-corrected chi connectivity index (χ1v) is 7.87. The van der Waals surface area contributed by atoms with Crippen LogP contribution in [0.4, 0.5) is 52.7 Å². The van der Waals surface area contributed by atoms with E-state index < -0.39 is 65.8 Å². The molecule has 0 fully saturated rings. The van der Waals surface area contributed by atoms with Crippen molar-refractivity contribution in [2.45, 2.75) is 24.7 Å². The average Bonchev–Trinajstić information content (AvgIpc) is 2.58. The zero-order valence-electron chi connectivity index (χ0n) is 14.8. The number of hydrogen-bond donors (Lipinski definition) is 1. The van der Waals surface area contributed by atoms with Crippen molar-refractivity contribution in [3.63, 3.8) is 0 Å². The Bertz CT molecular complexity index is 821. The van der Waals surface area contributed by atoms with Crippen molar-refractivity contribution < 1.29 is 67.0 Å². The first-order valence-electron chi connectivity index (χ1n) is 7.87. The Hall–Kier alpha value is -2.78. The Labute approximate surface area is 170 Å². The zero-order chi connectivity index (χ0) is 24.7. The van der Waals surface area contributed by atoms with Crippen LogP contribution in [0.3, 0.4) is 0 Å². The molecule has 0 radical (unpaired) electrons. The molecule has 2 aromatic carbocycles. The number of hydrogen-bond acceptors (Lipinski definition) is 3. The van der Waals surface area contributed by atoms with Crippen molar-refractivity contribution >= 4 is 7.32 Å². The van der Waals surface area contributed by atoms with E-state index in [2.05, 4.69) is 9.31 Å². The molecule has 0 aromatic heterocycles. The van der Waals surface area contributed by atoms with E-state index >= 15 is 0 Å². The molecule has 0 bridgehead atoms. The minimum atomic E-state index is -5.28. The van der Waals surface area contributed by atoms with Gasteiger partial charge >= 0.3 is 32.0 Å². The van der Waals surface area contributed by atoms with Crippen LogP contribution in [0.1, 0.15) is 22.3 Å². The minimum Gasteiger partial charge on any atom is -0.501 e. The third-order valence-electron chi connectivity index (χ3n) is 3.60. The van der Waals surface area contributed by atoms with Crippen molar-refractivity contribution in [2.24, 2.45) is 0 Å². The van der Waals surface area contributed by atoms with Gasteiger partial charge in [-0.1, -0.05) is 0 Å². The summed E-state index contributed by atoms with van der Waals surface area (Å²) >= 11 is 0. The summed E-state index contributed by atoms with van der Waals surface area (Å²) in [4.78, 5) is 0. The molecule has 32 heavy (non-hydrogen) atoms. The molecular formula is C16H7BF12O3. The quantitative estimate of drug-likeness (QED) is 0.414. The van der Waals surface area contributed by atoms with Gasteiger partial charge in [-0.05, 0) is 36.4 Å². The third kappa shape index (κ3) is 6.61. The molecule has 1 N–H and O–H groups in total. The van der Waals surface area contributed by atoms with Crippen LogP contribution in [-0.2, 0) is 24.7 Å². The zero-order valence-corrected chi connectivity index (χ0v) is 14.8. The molecule has 0 aliphatic carbocycles. The second kappa shape index (κ2) is 8.29. The van der Waals surface area contributed by atoms with Gasteiger partial charge in [0, 0.05) is 0 Å². The summed E-state index contributed by atoms with van der Waals surface area (Å²) in [7, 11) is -2.87. The molecule has 0 aliphatic rings. The van der Waals surface area contributed by atoms with Crippen LogP contribution in [0.2, 0.25) is 0 Å². The summed E-state index contributed by atoms with van der Waals surface area (Å²) in [6, 6.07) is -0.514. The van der Waals surface area contributed by atoms with Crippen LogP contribution in [0.15, 0.2) is 36.4 Å². The van der Waals surface area contributed by atoms with Crippen LogP contribution in [0, 0.1) is 0 Å². The number of halogens is 12. The van der Waals surface area contributed by atoms with Gasteiger partial charge in [0.25, 0.3) is 0 Å². The standard InChI is InChI=1S/C16H7BF12O3/c18-13(19,20)7-1-8(14(21,22)23)4-11(3-7)31-17(30)32-12-5-9(15(24,25)26)2-10(6-12)16(27,28)29/h1-6,30H. The Morgan fingerprint density at radius 3 is 0.875 bits per heavy atom. The highest BCUT2D eigenvalue weighted by Crippen LogP contribution is 2.40. The Morgan fingerprint density at radius 1 is 0.469 bits per heavy atom. The van der Waals surface area contributed by atoms with Gasteiger partial charge in [-0.3, -0.25) is 0 Å². The summed E-state index contributed by atoms with van der Waals surface area (Å²) in [5.41, 5.74) is -7.41. The Morgan fingerprint density at radius 2 is 0.688 bits per heavy atom. The van der Waals surface area contributed by atoms with Gasteiger partial charge in [0.05, 0.1) is 22.3 Å². The number of benzene rings is 2. The lowest BCUT2D eigenvalue weighted by Gasteiger charge is -2.17. The monoisotopic (exact) mass is 486 g/mol. The highest BCUT2D eigenvalue weighted by Gasteiger charge is 2.39. The van der Waals surface area contributed by atoms with E-state index in [1.54, 1.807) is 0 Å². The maximum Gasteiger partial charge on any atom is 0.785 e. The Kier molecular flexibility index (Phi) is 6.60. The molecule has 0 aliphatic heterocycles. The van der Waals surface area contributed by atoms with Crippen molar-refractivity contribution in [1.29, 1.82) is 0 Å². The smallest absolute Gasteiger partial charge is 0.501 e. The largest absolute Gasteiger partial charge is 0.785 e. The molecule has 0 unspecified atom stereocenters. The molecule has 3 nitrogen and oxygen atoms in total. The summed E-state index contributed by atoms with van der Waals surface area (Å²) in [5, 5.41) is 9.56. The summed E-state index contributed by atoms with van der Waals surface area (Å²) in [6.45, 7) is 0. The maximum atomic E-state index is 12.8. The molecule has 0 saturated carbocycles. The molecule has 16 heteroatoms. The van der Waals surface area contributed by atoms with Crippen LogP contribution < -0.4 is 9.31 Å². The Balaban J connectivity index is 2.38. The molecule has 2 aromatic rings. The van der Waals surface area contributed by atoms with Crippen LogP contribution in [0.25, 0.3) is 0 Å². The molecule has 176 valence electrons. The SMILES string of the molecule is OB(Oc1cc(C(F)(F)F)cc(C(F)(F)F)c1)Oc1cc(C(F)(F)F)cc(C(F)(F)F)c1. The summed E-state index contributed by atoms with van der Waals surface area (Å²) < 4.78 is 162. The van der Waals surface area contributed by atoms with Crippen molar-refractivity contribution in [3.05, 3.63) is 58.7 Å². The fourth-order valence-electron chi connectivity index (χ4n) is 2.25. The van der Waals surface area contributed by atoms with Gasteiger partial charge in [-0.15, -0.1) is 0 Å². The van der Waals surface area contributed by atoms with Gasteiger partial charge in [-0.25, -0.2) is 0 Å². The topological polar surface area (TPSA) is 38.7 Å². The number of alkyl halides is 12. The number of rotatable bonds is 4. The predicted molar refractivity (Wildman–Crippen MR) is 82.1 cm³/mol. The first kappa shape index (κ1) is 25.5. The van der Waals surface area contributed by atoms with Gasteiger partial charge in [0.2, 0.25) is 0 Å². The molecule has 0 atom stereocenters. The fraction of sp³-hybridized carbons (Fsp3) is 0.250. The summed E-state index contributed by atoms with van der Waals surface area (Å²) in [6.07, 6.45) is -21.1. The normalized spacial score (nSPS) is 13.2. The van der Waals surface area contributed by atoms with Gasteiger partial charge in [0.15, 0.2) is 0 Å². The van der Waals surface area contributed by atoms with Gasteiger partial charge in [0.1, 0.15) is 11.5 Å². The lowest BCUT2D eigenvalue weighted by molar-refractivity contribution is -0.144. The van der Waals surface area contributed by atoms with E-state index in [1.165, 1.54) is 0 Å². The van der Waals surface area contributed by atoms with E-state index in [9.17, 15) is 57.7 Å². The highest BCUT2D eigenvalue weighted by molar-refractivity contribution is 6.36. The summed E-state index contributed by atoms with van der Waals surface area (Å²) in [5.74, 6) is -2.55. The minimum absolute atomic E-state index is 0.00903. The molecule has 0 saturated heterocycles. The maximum absolute atomic E-state index is 12.8. The van der Waals surface area contributed by atoms with E-state index in [1.807, 2.05) is 0 Å². The second-order valence-corrected chi connectivity index (χ2v) is 6.03. The van der Waals surface area contributed by atoms with E-state index in [-0.39, 0.29) is 36.4 Å². The van der Waals surface area contributed by atoms with Crippen molar-refractivity contribution in [2.75, 3.05) is 0 Å². The van der Waals surface area contributed by atoms with E-state index in [4.69, 9.17) is 0 Å². The van der Waals surface area contributed by atoms with Crippen LogP contribution in [-0.4, -0.2) is 12.3 Å². The van der Waals surface area contributed by atoms with E-state index in [0.717, 1.165) is 0 Å². The lowest BCUT2D eigenvalue weighted by Crippen LogP contribution is -2.30. The molecule has 0 amide bonds. The van der Waals surface area contributed by atoms with Gasteiger partial charge < -0.3 is 14.3 Å². The fourth-order valence-corrected chi connectivity index (χ4v) is 2.25. The van der Waals surface area contributed by atoms with Crippen molar-refractivity contribution in [1.82, 2.24) is 0 Å². The molecule has 2 rings (SSSR count). The van der Waals surface area contributed by atoms with Crippen molar-refractivity contribution in [3.8, 4) is 11.5 Å². The molecule has 0 heterocycles. The molecular weight excluding hydrogens is 479 g/mol. The van der Waals surface area contributed by atoms with Gasteiger partial charge in [-0.2, -0.15) is 52.7 Å². The third-order valence-corrected chi connectivity index (χ3v) is 3.60. The first-order chi connectivity index (χ1) is 14.3. The van der Waals surface area contributed by atoms with Crippen LogP contribution >= 0.6 is 0 Å². The highest BCUT2D eigenvalue weighted by atomic mass is 19.4. The average molecular weight is 486 g/mol. The van der Waals surface area contributed by atoms with Crippen LogP contribution in [0.5, 0.6) is 11.5 Å². The second-order valence-electron chi connectivity index (χ2n) is 6.03. The van der Waals surface area contributed by atoms with E-state index in [0.29, 0.717) is 0 Å². The predicted octanol–water partition coefficient (Wildman–Crippen LogP) is 6.20. The lowest BCUT2D eigenvalue weighted by atomic mass is 10.1. The molecule has 0 spiro atoms.